The highest BCUT2D eigenvalue weighted by molar-refractivity contribution is 9.10. The van der Waals surface area contributed by atoms with Gasteiger partial charge in [-0.3, -0.25) is 5.43 Å². The fourth-order valence-corrected chi connectivity index (χ4v) is 1.68. The van der Waals surface area contributed by atoms with Crippen molar-refractivity contribution in [1.29, 1.82) is 0 Å². The first-order valence-corrected chi connectivity index (χ1v) is 5.73. The normalized spacial score (nSPS) is 10.6. The van der Waals surface area contributed by atoms with Crippen molar-refractivity contribution in [2.45, 2.75) is 0 Å². The summed E-state index contributed by atoms with van der Waals surface area (Å²) in [5.74, 6) is 0. The van der Waals surface area contributed by atoms with E-state index in [4.69, 9.17) is 0 Å². The van der Waals surface area contributed by atoms with E-state index in [9.17, 15) is 0 Å². The molecule has 0 heterocycles. The van der Waals surface area contributed by atoms with Gasteiger partial charge in [-0.1, -0.05) is 52.3 Å². The minimum absolute atomic E-state index is 0.960. The van der Waals surface area contributed by atoms with Gasteiger partial charge in [0.2, 0.25) is 0 Å². The summed E-state index contributed by atoms with van der Waals surface area (Å²) in [5.41, 5.74) is 5.01. The SMILES string of the molecule is Brc1cccc(N/N=C\c2ccccc2)c1. The molecule has 0 unspecified atom stereocenters. The lowest BCUT2D eigenvalue weighted by atomic mass is 10.2. The van der Waals surface area contributed by atoms with Crippen molar-refractivity contribution in [2.24, 2.45) is 5.10 Å². The maximum absolute atomic E-state index is 4.16. The average Bonchev–Trinajstić information content (AvgIpc) is 2.30. The third-order valence-electron chi connectivity index (χ3n) is 2.03. The van der Waals surface area contributed by atoms with Gasteiger partial charge in [-0.2, -0.15) is 5.10 Å². The van der Waals surface area contributed by atoms with E-state index in [0.29, 0.717) is 0 Å². The third-order valence-corrected chi connectivity index (χ3v) is 2.52. The van der Waals surface area contributed by atoms with Crippen LogP contribution in [0, 0.1) is 0 Å². The van der Waals surface area contributed by atoms with E-state index in [1.165, 1.54) is 0 Å². The summed E-state index contributed by atoms with van der Waals surface area (Å²) in [5, 5.41) is 4.16. The molecule has 16 heavy (non-hydrogen) atoms. The Balaban J connectivity index is 2.00. The van der Waals surface area contributed by atoms with Crippen LogP contribution in [-0.4, -0.2) is 6.21 Å². The fourth-order valence-electron chi connectivity index (χ4n) is 1.28. The molecule has 0 atom stereocenters. The van der Waals surface area contributed by atoms with Crippen molar-refractivity contribution in [2.75, 3.05) is 5.43 Å². The molecule has 2 rings (SSSR count). The van der Waals surface area contributed by atoms with Crippen LogP contribution >= 0.6 is 15.9 Å². The summed E-state index contributed by atoms with van der Waals surface area (Å²) in [7, 11) is 0. The Labute approximate surface area is 103 Å². The Kier molecular flexibility index (Phi) is 3.72. The number of nitrogens with zero attached hydrogens (tertiary/aromatic N) is 1. The van der Waals surface area contributed by atoms with Crippen LogP contribution in [0.15, 0.2) is 64.2 Å². The molecule has 0 aliphatic rings. The van der Waals surface area contributed by atoms with Gasteiger partial charge in [-0.15, -0.1) is 0 Å². The Bertz CT molecular complexity index is 480. The summed E-state index contributed by atoms with van der Waals surface area (Å²) in [6.07, 6.45) is 1.79. The second-order valence-corrected chi connectivity index (χ2v) is 4.21. The predicted molar refractivity (Wildman–Crippen MR) is 71.8 cm³/mol. The lowest BCUT2D eigenvalue weighted by Gasteiger charge is -1.99. The highest BCUT2D eigenvalue weighted by Crippen LogP contribution is 2.15. The van der Waals surface area contributed by atoms with Crippen molar-refractivity contribution in [3.8, 4) is 0 Å². The molecule has 0 radical (unpaired) electrons. The van der Waals surface area contributed by atoms with Crippen molar-refractivity contribution in [3.05, 3.63) is 64.6 Å². The Morgan fingerprint density at radius 1 is 1.00 bits per heavy atom. The van der Waals surface area contributed by atoms with Gasteiger partial charge in [0, 0.05) is 4.47 Å². The van der Waals surface area contributed by atoms with Crippen LogP contribution in [0.25, 0.3) is 0 Å². The van der Waals surface area contributed by atoms with Gasteiger partial charge in [0.1, 0.15) is 0 Å². The quantitative estimate of drug-likeness (QED) is 0.667. The first kappa shape index (κ1) is 10.9. The topological polar surface area (TPSA) is 24.4 Å². The van der Waals surface area contributed by atoms with E-state index in [0.717, 1.165) is 15.7 Å². The Morgan fingerprint density at radius 3 is 2.56 bits per heavy atom. The number of hydrogen-bond acceptors (Lipinski definition) is 2. The highest BCUT2D eigenvalue weighted by atomic mass is 79.9. The molecule has 0 spiro atoms. The Morgan fingerprint density at radius 2 is 1.81 bits per heavy atom. The number of hydrazone groups is 1. The molecule has 3 heteroatoms. The van der Waals surface area contributed by atoms with Crippen molar-refractivity contribution in [3.63, 3.8) is 0 Å². The molecule has 0 aliphatic heterocycles. The zero-order valence-corrected chi connectivity index (χ0v) is 10.2. The number of hydrogen-bond donors (Lipinski definition) is 1. The van der Waals surface area contributed by atoms with Crippen molar-refractivity contribution < 1.29 is 0 Å². The average molecular weight is 275 g/mol. The minimum Gasteiger partial charge on any atom is -0.278 e. The van der Waals surface area contributed by atoms with Gasteiger partial charge >= 0.3 is 0 Å². The molecule has 2 nitrogen and oxygen atoms in total. The van der Waals surface area contributed by atoms with Crippen LogP contribution in [0.3, 0.4) is 0 Å². The zero-order chi connectivity index (χ0) is 11.2. The molecule has 0 saturated carbocycles. The minimum atomic E-state index is 0.960. The summed E-state index contributed by atoms with van der Waals surface area (Å²) >= 11 is 3.41. The number of anilines is 1. The molecule has 0 fully saturated rings. The monoisotopic (exact) mass is 274 g/mol. The molecule has 2 aromatic rings. The van der Waals surface area contributed by atoms with E-state index in [1.54, 1.807) is 6.21 Å². The number of halogens is 1. The maximum atomic E-state index is 4.16. The van der Waals surface area contributed by atoms with E-state index < -0.39 is 0 Å². The summed E-state index contributed by atoms with van der Waals surface area (Å²) < 4.78 is 1.03. The molecule has 0 aliphatic carbocycles. The van der Waals surface area contributed by atoms with Crippen LogP contribution in [0.1, 0.15) is 5.56 Å². The lowest BCUT2D eigenvalue weighted by Crippen LogP contribution is -1.89. The molecule has 0 amide bonds. The van der Waals surface area contributed by atoms with Gasteiger partial charge < -0.3 is 0 Å². The molecule has 2 aromatic carbocycles. The molecule has 1 N–H and O–H groups in total. The van der Waals surface area contributed by atoms with Gasteiger partial charge in [0.15, 0.2) is 0 Å². The highest BCUT2D eigenvalue weighted by Gasteiger charge is 1.90. The zero-order valence-electron chi connectivity index (χ0n) is 8.60. The van der Waals surface area contributed by atoms with E-state index >= 15 is 0 Å². The van der Waals surface area contributed by atoms with Crippen LogP contribution in [0.4, 0.5) is 5.69 Å². The molecule has 0 saturated heterocycles. The Hall–Kier alpha value is -1.61. The largest absolute Gasteiger partial charge is 0.278 e. The summed E-state index contributed by atoms with van der Waals surface area (Å²) in [6.45, 7) is 0. The molecule has 0 bridgehead atoms. The lowest BCUT2D eigenvalue weighted by molar-refractivity contribution is 1.35. The van der Waals surface area contributed by atoms with Crippen molar-refractivity contribution in [1.82, 2.24) is 0 Å². The first-order valence-electron chi connectivity index (χ1n) is 4.94. The van der Waals surface area contributed by atoms with Gasteiger partial charge in [-0.25, -0.2) is 0 Å². The molecule has 80 valence electrons. The summed E-state index contributed by atoms with van der Waals surface area (Å²) in [4.78, 5) is 0. The summed E-state index contributed by atoms with van der Waals surface area (Å²) in [6, 6.07) is 17.9. The number of nitrogens with one attached hydrogen (secondary N) is 1. The maximum Gasteiger partial charge on any atom is 0.0573 e. The fraction of sp³-hybridized carbons (Fsp3) is 0. The third kappa shape index (κ3) is 3.21. The molecular weight excluding hydrogens is 264 g/mol. The predicted octanol–water partition coefficient (Wildman–Crippen LogP) is 3.90. The van der Waals surface area contributed by atoms with E-state index in [1.807, 2.05) is 54.6 Å². The van der Waals surface area contributed by atoms with Crippen LogP contribution < -0.4 is 5.43 Å². The smallest absolute Gasteiger partial charge is 0.0573 e. The van der Waals surface area contributed by atoms with Gasteiger partial charge in [-0.05, 0) is 23.8 Å². The van der Waals surface area contributed by atoms with Crippen LogP contribution in [0.2, 0.25) is 0 Å². The second-order valence-electron chi connectivity index (χ2n) is 3.29. The van der Waals surface area contributed by atoms with Gasteiger partial charge in [0.25, 0.3) is 0 Å². The number of rotatable bonds is 3. The molecule has 0 aromatic heterocycles. The van der Waals surface area contributed by atoms with Crippen LogP contribution in [-0.2, 0) is 0 Å². The van der Waals surface area contributed by atoms with E-state index in [-0.39, 0.29) is 0 Å². The second kappa shape index (κ2) is 5.47. The van der Waals surface area contributed by atoms with Gasteiger partial charge in [0.05, 0.1) is 11.9 Å². The van der Waals surface area contributed by atoms with E-state index in [2.05, 4.69) is 26.5 Å². The number of benzene rings is 2. The first-order chi connectivity index (χ1) is 7.84. The standard InChI is InChI=1S/C13H11BrN2/c14-12-7-4-8-13(9-12)16-15-10-11-5-2-1-3-6-11/h1-10,16H/b15-10-. The van der Waals surface area contributed by atoms with Crippen LogP contribution in [0.5, 0.6) is 0 Å². The van der Waals surface area contributed by atoms with Crippen molar-refractivity contribution >= 4 is 27.8 Å². The molecular formula is C13H11BrN2.